The second-order valence-electron chi connectivity index (χ2n) is 8.52. The molecule has 5 rings (SSSR count). The van der Waals surface area contributed by atoms with Gasteiger partial charge in [-0.2, -0.15) is 5.10 Å². The number of fused-ring (bicyclic) bond motifs is 1. The van der Waals surface area contributed by atoms with E-state index in [-0.39, 0.29) is 30.7 Å². The van der Waals surface area contributed by atoms with Crippen LogP contribution in [0.25, 0.3) is 10.9 Å². The van der Waals surface area contributed by atoms with E-state index in [4.69, 9.17) is 0 Å². The molecule has 0 radical (unpaired) electrons. The fourth-order valence-corrected chi connectivity index (χ4v) is 4.18. The maximum absolute atomic E-state index is 12.7. The lowest BCUT2D eigenvalue weighted by atomic mass is 10.1. The summed E-state index contributed by atoms with van der Waals surface area (Å²) in [6, 6.07) is 16.1. The molecular formula is C25H30Cl2N6O. The number of hydrogen-bond donors (Lipinski definition) is 2. The summed E-state index contributed by atoms with van der Waals surface area (Å²) in [4.78, 5) is 21.0. The van der Waals surface area contributed by atoms with Crippen molar-refractivity contribution >= 4 is 47.3 Å². The van der Waals surface area contributed by atoms with Gasteiger partial charge in [0.2, 0.25) is 0 Å². The number of hydrogen-bond acceptors (Lipinski definition) is 4. The van der Waals surface area contributed by atoms with Gasteiger partial charge in [-0.15, -0.1) is 24.8 Å². The zero-order chi connectivity index (χ0) is 21.9. The van der Waals surface area contributed by atoms with Crippen LogP contribution in [0.15, 0.2) is 67.1 Å². The van der Waals surface area contributed by atoms with Gasteiger partial charge in [0, 0.05) is 61.7 Å². The first-order chi connectivity index (χ1) is 15.6. The lowest BCUT2D eigenvalue weighted by Gasteiger charge is -2.32. The molecule has 0 unspecified atom stereocenters. The fraction of sp³-hybridized carbons (Fsp3) is 0.280. The van der Waals surface area contributed by atoms with Gasteiger partial charge in [-0.25, -0.2) is 0 Å². The number of H-pyrrole nitrogens is 1. The summed E-state index contributed by atoms with van der Waals surface area (Å²) >= 11 is 0. The minimum Gasteiger partial charge on any atom is -0.361 e. The molecule has 2 aromatic heterocycles. The topological polar surface area (TPSA) is 69.2 Å². The molecule has 0 saturated carbocycles. The van der Waals surface area contributed by atoms with Crippen LogP contribution in [0, 0.1) is 0 Å². The highest BCUT2D eigenvalue weighted by Crippen LogP contribution is 2.24. The number of nitrogens with zero attached hydrogens (tertiary/aromatic N) is 4. The second-order valence-corrected chi connectivity index (χ2v) is 8.52. The van der Waals surface area contributed by atoms with Gasteiger partial charge in [0.1, 0.15) is 0 Å². The number of likely N-dealkylation sites (N-methyl/N-ethyl adjacent to an activating group) is 1. The molecule has 180 valence electrons. The number of rotatable bonds is 6. The van der Waals surface area contributed by atoms with Crippen molar-refractivity contribution in [1.82, 2.24) is 24.6 Å². The molecule has 4 aromatic rings. The number of aromatic amines is 1. The number of carbonyl (C=O) groups is 1. The van der Waals surface area contributed by atoms with E-state index in [1.807, 2.05) is 42.5 Å². The van der Waals surface area contributed by atoms with Gasteiger partial charge in [-0.05, 0) is 30.3 Å². The number of halogens is 2. The Balaban J connectivity index is 0.00000162. The second kappa shape index (κ2) is 11.5. The number of nitrogens with one attached hydrogen (secondary N) is 2. The van der Waals surface area contributed by atoms with Gasteiger partial charge in [-0.3, -0.25) is 14.4 Å². The number of benzene rings is 2. The Labute approximate surface area is 211 Å². The van der Waals surface area contributed by atoms with Crippen LogP contribution in [-0.2, 0) is 13.1 Å². The van der Waals surface area contributed by atoms with Crippen LogP contribution in [0.3, 0.4) is 0 Å². The quantitative estimate of drug-likeness (QED) is 0.415. The number of anilines is 1. The van der Waals surface area contributed by atoms with Gasteiger partial charge < -0.3 is 15.2 Å². The standard InChI is InChI=1S/C25H28N6O.2ClH/c1-29-9-11-30(12-10-29)17-20-14-26-24-13-22(7-8-23(20)24)28-25(32)21-15-27-31(18-21)16-19-5-3-2-4-6-19;;/h2-8,13-15,18,26H,9-12,16-17H2,1H3,(H,28,32);2*1H. The van der Waals surface area contributed by atoms with Crippen molar-refractivity contribution in [3.63, 3.8) is 0 Å². The Kier molecular flexibility index (Phi) is 8.74. The third-order valence-electron chi connectivity index (χ3n) is 6.10. The normalized spacial score (nSPS) is 14.4. The summed E-state index contributed by atoms with van der Waals surface area (Å²) in [5.74, 6) is -0.159. The number of piperazine rings is 1. The summed E-state index contributed by atoms with van der Waals surface area (Å²) in [5.41, 5.74) is 4.79. The highest BCUT2D eigenvalue weighted by molar-refractivity contribution is 6.04. The van der Waals surface area contributed by atoms with Crippen LogP contribution >= 0.6 is 24.8 Å². The van der Waals surface area contributed by atoms with Crippen molar-refractivity contribution in [2.45, 2.75) is 13.1 Å². The van der Waals surface area contributed by atoms with Crippen molar-refractivity contribution in [3.05, 3.63) is 83.8 Å². The summed E-state index contributed by atoms with van der Waals surface area (Å²) in [6.07, 6.45) is 5.48. The monoisotopic (exact) mass is 500 g/mol. The van der Waals surface area contributed by atoms with Crippen molar-refractivity contribution in [3.8, 4) is 0 Å². The summed E-state index contributed by atoms with van der Waals surface area (Å²) in [5, 5.41) is 8.53. The lowest BCUT2D eigenvalue weighted by Crippen LogP contribution is -2.43. The highest BCUT2D eigenvalue weighted by atomic mass is 35.5. The van der Waals surface area contributed by atoms with Crippen LogP contribution in [0.1, 0.15) is 21.5 Å². The van der Waals surface area contributed by atoms with Crippen molar-refractivity contribution in [2.75, 3.05) is 38.5 Å². The van der Waals surface area contributed by atoms with E-state index >= 15 is 0 Å². The Morgan fingerprint density at radius 1 is 1.03 bits per heavy atom. The highest BCUT2D eigenvalue weighted by Gasteiger charge is 2.16. The maximum Gasteiger partial charge on any atom is 0.258 e. The molecule has 1 amide bonds. The predicted molar refractivity (Wildman–Crippen MR) is 141 cm³/mol. The molecule has 7 nitrogen and oxygen atoms in total. The van der Waals surface area contributed by atoms with E-state index in [9.17, 15) is 4.79 Å². The Bertz CT molecular complexity index is 1210. The summed E-state index contributed by atoms with van der Waals surface area (Å²) in [6.45, 7) is 5.99. The van der Waals surface area contributed by atoms with Crippen LogP contribution in [0.4, 0.5) is 5.69 Å². The van der Waals surface area contributed by atoms with E-state index in [0.29, 0.717) is 12.1 Å². The predicted octanol–water partition coefficient (Wildman–Crippen LogP) is 4.26. The minimum absolute atomic E-state index is 0. The molecule has 2 N–H and O–H groups in total. The van der Waals surface area contributed by atoms with E-state index in [1.165, 1.54) is 10.9 Å². The van der Waals surface area contributed by atoms with Crippen molar-refractivity contribution in [1.29, 1.82) is 0 Å². The number of amides is 1. The molecule has 0 spiro atoms. The molecule has 1 fully saturated rings. The van der Waals surface area contributed by atoms with Crippen LogP contribution in [-0.4, -0.2) is 63.7 Å². The van der Waals surface area contributed by atoms with Gasteiger partial charge in [0.15, 0.2) is 0 Å². The molecule has 3 heterocycles. The van der Waals surface area contributed by atoms with Crippen molar-refractivity contribution < 1.29 is 4.79 Å². The zero-order valence-corrected chi connectivity index (χ0v) is 20.7. The van der Waals surface area contributed by atoms with Gasteiger partial charge >= 0.3 is 0 Å². The first-order valence-electron chi connectivity index (χ1n) is 11.0. The molecule has 0 bridgehead atoms. The third-order valence-corrected chi connectivity index (χ3v) is 6.10. The SMILES string of the molecule is CN1CCN(Cc2c[nH]c3cc(NC(=O)c4cnn(Cc5ccccc5)c4)ccc23)CC1.Cl.Cl. The van der Waals surface area contributed by atoms with Crippen LogP contribution in [0.2, 0.25) is 0 Å². The molecule has 34 heavy (non-hydrogen) atoms. The first-order valence-corrected chi connectivity index (χ1v) is 11.0. The van der Waals surface area contributed by atoms with E-state index in [1.54, 1.807) is 17.1 Å². The molecule has 0 aliphatic carbocycles. The largest absolute Gasteiger partial charge is 0.361 e. The molecule has 1 aliphatic rings. The first kappa shape index (κ1) is 25.8. The molecule has 1 saturated heterocycles. The Morgan fingerprint density at radius 2 is 1.79 bits per heavy atom. The Morgan fingerprint density at radius 3 is 2.56 bits per heavy atom. The minimum atomic E-state index is -0.159. The molecule has 0 atom stereocenters. The molecular weight excluding hydrogens is 471 g/mol. The summed E-state index contributed by atoms with van der Waals surface area (Å²) < 4.78 is 1.78. The summed E-state index contributed by atoms with van der Waals surface area (Å²) in [7, 11) is 2.17. The smallest absolute Gasteiger partial charge is 0.258 e. The van der Waals surface area contributed by atoms with E-state index in [2.05, 4.69) is 44.5 Å². The van der Waals surface area contributed by atoms with E-state index in [0.717, 1.165) is 49.5 Å². The molecule has 9 heteroatoms. The fourth-order valence-electron chi connectivity index (χ4n) is 4.18. The average Bonchev–Trinajstić information content (AvgIpc) is 3.43. The van der Waals surface area contributed by atoms with Crippen molar-refractivity contribution in [2.24, 2.45) is 0 Å². The average molecular weight is 501 g/mol. The van der Waals surface area contributed by atoms with Gasteiger partial charge in [-0.1, -0.05) is 36.4 Å². The third kappa shape index (κ3) is 5.98. The number of carbonyl (C=O) groups excluding carboxylic acids is 1. The Hall–Kier alpha value is -2.84. The van der Waals surface area contributed by atoms with Gasteiger partial charge in [0.05, 0.1) is 18.3 Å². The lowest BCUT2D eigenvalue weighted by molar-refractivity contribution is 0.102. The van der Waals surface area contributed by atoms with Crippen LogP contribution in [0.5, 0.6) is 0 Å². The van der Waals surface area contributed by atoms with E-state index < -0.39 is 0 Å². The van der Waals surface area contributed by atoms with Gasteiger partial charge in [0.25, 0.3) is 5.91 Å². The zero-order valence-electron chi connectivity index (χ0n) is 19.1. The number of aromatic nitrogens is 3. The maximum atomic E-state index is 12.7. The molecule has 2 aromatic carbocycles. The van der Waals surface area contributed by atoms with Crippen LogP contribution < -0.4 is 5.32 Å². The molecule has 1 aliphatic heterocycles.